The zero-order chi connectivity index (χ0) is 13.9. The van der Waals surface area contributed by atoms with Gasteiger partial charge in [0.1, 0.15) is 6.54 Å². The lowest BCUT2D eigenvalue weighted by molar-refractivity contribution is -0.119. The third-order valence-corrected chi connectivity index (χ3v) is 3.82. The minimum absolute atomic E-state index is 0.334. The van der Waals surface area contributed by atoms with E-state index < -0.39 is 15.9 Å². The Hall–Kier alpha value is -1.60. The van der Waals surface area contributed by atoms with Crippen molar-refractivity contribution in [2.45, 2.75) is 13.8 Å². The molecular weight excluding hydrogens is 254 g/mol. The van der Waals surface area contributed by atoms with Gasteiger partial charge in [-0.2, -0.15) is 0 Å². The molecule has 1 aromatic rings. The molecule has 1 amide bonds. The lowest BCUT2D eigenvalue weighted by Gasteiger charge is -2.23. The molecule has 1 rings (SSSR count). The average molecular weight is 271 g/mol. The zero-order valence-electron chi connectivity index (χ0n) is 10.6. The molecular formula is C11H17N3O3S. The van der Waals surface area contributed by atoms with Crippen molar-refractivity contribution in [3.8, 4) is 0 Å². The number of hydrogen-bond donors (Lipinski definition) is 2. The number of hydrogen-bond acceptors (Lipinski definition) is 4. The molecule has 0 aromatic heterocycles. The van der Waals surface area contributed by atoms with E-state index in [0.29, 0.717) is 5.69 Å². The van der Waals surface area contributed by atoms with E-state index in [0.717, 1.165) is 21.7 Å². The first-order valence-electron chi connectivity index (χ1n) is 5.30. The van der Waals surface area contributed by atoms with Crippen LogP contribution in [0.3, 0.4) is 0 Å². The van der Waals surface area contributed by atoms with Crippen LogP contribution in [0.2, 0.25) is 0 Å². The Labute approximate surface area is 107 Å². The molecule has 0 spiro atoms. The molecule has 0 aliphatic rings. The van der Waals surface area contributed by atoms with Crippen LogP contribution < -0.4 is 15.6 Å². The predicted molar refractivity (Wildman–Crippen MR) is 70.4 cm³/mol. The first-order valence-corrected chi connectivity index (χ1v) is 7.15. The summed E-state index contributed by atoms with van der Waals surface area (Å²) in [6.45, 7) is 3.35. The number of anilines is 1. The van der Waals surface area contributed by atoms with Crippen LogP contribution >= 0.6 is 0 Å². The fraction of sp³-hybridized carbons (Fsp3) is 0.364. The number of sulfonamides is 1. The van der Waals surface area contributed by atoms with Crippen molar-refractivity contribution < 1.29 is 13.2 Å². The summed E-state index contributed by atoms with van der Waals surface area (Å²) in [5.41, 5.74) is 4.18. The van der Waals surface area contributed by atoms with Crippen molar-refractivity contribution in [2.24, 2.45) is 5.84 Å². The standard InChI is InChI=1S/C11H17N3O3S/c1-8-5-4-6-10(9(8)2)14(18(3,16)17)7-11(15)13-12/h4-6H,7,12H2,1-3H3,(H,13,15). The van der Waals surface area contributed by atoms with E-state index >= 15 is 0 Å². The van der Waals surface area contributed by atoms with Crippen LogP contribution in [0, 0.1) is 13.8 Å². The molecule has 0 unspecified atom stereocenters. The maximum absolute atomic E-state index is 11.8. The normalized spacial score (nSPS) is 11.1. The molecule has 100 valence electrons. The summed E-state index contributed by atoms with van der Waals surface area (Å²) in [5.74, 6) is 4.42. The number of benzene rings is 1. The second-order valence-electron chi connectivity index (χ2n) is 4.06. The molecule has 0 saturated carbocycles. The van der Waals surface area contributed by atoms with Crippen LogP contribution in [0.25, 0.3) is 0 Å². The molecule has 0 heterocycles. The maximum Gasteiger partial charge on any atom is 0.254 e. The zero-order valence-corrected chi connectivity index (χ0v) is 11.4. The highest BCUT2D eigenvalue weighted by atomic mass is 32.2. The SMILES string of the molecule is Cc1cccc(N(CC(=O)NN)S(C)(=O)=O)c1C. The molecule has 0 atom stereocenters. The number of rotatable bonds is 4. The molecule has 0 aliphatic carbocycles. The number of carbonyl (C=O) groups is 1. The second kappa shape index (κ2) is 5.36. The van der Waals surface area contributed by atoms with Crippen LogP contribution in [0.15, 0.2) is 18.2 Å². The van der Waals surface area contributed by atoms with Crippen molar-refractivity contribution in [3.05, 3.63) is 29.3 Å². The molecule has 1 aromatic carbocycles. The summed E-state index contributed by atoms with van der Waals surface area (Å²) in [4.78, 5) is 11.3. The summed E-state index contributed by atoms with van der Waals surface area (Å²) in [6.07, 6.45) is 1.05. The van der Waals surface area contributed by atoms with Crippen molar-refractivity contribution in [2.75, 3.05) is 17.1 Å². The molecule has 3 N–H and O–H groups in total. The van der Waals surface area contributed by atoms with Gasteiger partial charge in [0.15, 0.2) is 0 Å². The van der Waals surface area contributed by atoms with Gasteiger partial charge in [-0.05, 0) is 31.0 Å². The Bertz CT molecular complexity index is 555. The highest BCUT2D eigenvalue weighted by Gasteiger charge is 2.22. The van der Waals surface area contributed by atoms with E-state index in [-0.39, 0.29) is 6.54 Å². The Morgan fingerprint density at radius 1 is 1.39 bits per heavy atom. The van der Waals surface area contributed by atoms with Gasteiger partial charge in [-0.1, -0.05) is 12.1 Å². The Kier molecular flexibility index (Phi) is 4.31. The molecule has 0 bridgehead atoms. The molecule has 0 aliphatic heterocycles. The first kappa shape index (κ1) is 14.5. The Morgan fingerprint density at radius 3 is 2.50 bits per heavy atom. The van der Waals surface area contributed by atoms with Gasteiger partial charge < -0.3 is 0 Å². The molecule has 0 radical (unpaired) electrons. The third kappa shape index (κ3) is 3.21. The van der Waals surface area contributed by atoms with Gasteiger partial charge in [-0.3, -0.25) is 14.5 Å². The van der Waals surface area contributed by atoms with Crippen molar-refractivity contribution in [1.82, 2.24) is 5.43 Å². The van der Waals surface area contributed by atoms with Crippen LogP contribution in [0.5, 0.6) is 0 Å². The Morgan fingerprint density at radius 2 is 2.00 bits per heavy atom. The summed E-state index contributed by atoms with van der Waals surface area (Å²) in [7, 11) is -3.55. The van der Waals surface area contributed by atoms with E-state index in [1.54, 1.807) is 12.1 Å². The van der Waals surface area contributed by atoms with Gasteiger partial charge >= 0.3 is 0 Å². The van der Waals surface area contributed by atoms with E-state index in [1.807, 2.05) is 25.3 Å². The van der Waals surface area contributed by atoms with Gasteiger partial charge in [0.25, 0.3) is 5.91 Å². The Balaban J connectivity index is 3.27. The number of nitrogens with two attached hydrogens (primary N) is 1. The van der Waals surface area contributed by atoms with Gasteiger partial charge in [-0.15, -0.1) is 0 Å². The fourth-order valence-electron chi connectivity index (χ4n) is 1.56. The average Bonchev–Trinajstić information content (AvgIpc) is 2.28. The van der Waals surface area contributed by atoms with E-state index in [1.165, 1.54) is 0 Å². The topological polar surface area (TPSA) is 92.5 Å². The smallest absolute Gasteiger partial charge is 0.254 e. The summed E-state index contributed by atoms with van der Waals surface area (Å²) in [5, 5.41) is 0. The lowest BCUT2D eigenvalue weighted by atomic mass is 10.1. The minimum atomic E-state index is -3.55. The van der Waals surface area contributed by atoms with Crippen LogP contribution in [-0.4, -0.2) is 27.1 Å². The number of amides is 1. The number of hydrazine groups is 1. The van der Waals surface area contributed by atoms with E-state index in [9.17, 15) is 13.2 Å². The molecule has 7 heteroatoms. The van der Waals surface area contributed by atoms with Gasteiger partial charge in [0.05, 0.1) is 11.9 Å². The third-order valence-electron chi connectivity index (χ3n) is 2.69. The predicted octanol–water partition coefficient (Wildman–Crippen LogP) is 0.0593. The second-order valence-corrected chi connectivity index (χ2v) is 5.96. The number of nitrogens with zero attached hydrogens (tertiary/aromatic N) is 1. The number of aryl methyl sites for hydroxylation is 1. The van der Waals surface area contributed by atoms with Gasteiger partial charge in [-0.25, -0.2) is 14.3 Å². The first-order chi connectivity index (χ1) is 8.27. The summed E-state index contributed by atoms with van der Waals surface area (Å²) >= 11 is 0. The van der Waals surface area contributed by atoms with E-state index in [2.05, 4.69) is 0 Å². The fourth-order valence-corrected chi connectivity index (χ4v) is 2.47. The van der Waals surface area contributed by atoms with Crippen molar-refractivity contribution in [1.29, 1.82) is 0 Å². The highest BCUT2D eigenvalue weighted by molar-refractivity contribution is 7.92. The number of carbonyl (C=O) groups excluding carboxylic acids is 1. The van der Waals surface area contributed by atoms with Crippen LogP contribution in [0.1, 0.15) is 11.1 Å². The molecule has 6 nitrogen and oxygen atoms in total. The quantitative estimate of drug-likeness (QED) is 0.460. The molecule has 0 fully saturated rings. The number of nitrogens with one attached hydrogen (secondary N) is 1. The van der Waals surface area contributed by atoms with Crippen molar-refractivity contribution in [3.63, 3.8) is 0 Å². The van der Waals surface area contributed by atoms with Crippen LogP contribution in [0.4, 0.5) is 5.69 Å². The highest BCUT2D eigenvalue weighted by Crippen LogP contribution is 2.24. The van der Waals surface area contributed by atoms with E-state index in [4.69, 9.17) is 5.84 Å². The largest absolute Gasteiger partial charge is 0.293 e. The lowest BCUT2D eigenvalue weighted by Crippen LogP contribution is -2.43. The summed E-state index contributed by atoms with van der Waals surface area (Å²) in [6, 6.07) is 5.28. The summed E-state index contributed by atoms with van der Waals surface area (Å²) < 4.78 is 24.5. The minimum Gasteiger partial charge on any atom is -0.293 e. The van der Waals surface area contributed by atoms with Crippen LogP contribution in [-0.2, 0) is 14.8 Å². The maximum atomic E-state index is 11.8. The molecule has 0 saturated heterocycles. The van der Waals surface area contributed by atoms with Gasteiger partial charge in [0.2, 0.25) is 10.0 Å². The van der Waals surface area contributed by atoms with Crippen molar-refractivity contribution >= 4 is 21.6 Å². The molecule has 18 heavy (non-hydrogen) atoms. The monoisotopic (exact) mass is 271 g/mol. The van der Waals surface area contributed by atoms with Gasteiger partial charge in [0, 0.05) is 0 Å².